The van der Waals surface area contributed by atoms with Gasteiger partial charge in [-0.2, -0.15) is 5.26 Å². The molecular weight excluding hydrogens is 429 g/mol. The van der Waals surface area contributed by atoms with Gasteiger partial charge in [0.15, 0.2) is 0 Å². The summed E-state index contributed by atoms with van der Waals surface area (Å²) in [5.41, 5.74) is 3.52. The lowest BCUT2D eigenvalue weighted by Gasteiger charge is -2.38. The van der Waals surface area contributed by atoms with Crippen molar-refractivity contribution >= 4 is 33.3 Å². The van der Waals surface area contributed by atoms with Crippen LogP contribution in [0.2, 0.25) is 0 Å². The van der Waals surface area contributed by atoms with Crippen molar-refractivity contribution in [3.8, 4) is 6.07 Å². The van der Waals surface area contributed by atoms with Crippen LogP contribution in [0.1, 0.15) is 22.3 Å². The summed E-state index contributed by atoms with van der Waals surface area (Å²) in [7, 11) is 1.65. The van der Waals surface area contributed by atoms with Gasteiger partial charge in [0.25, 0.3) is 11.8 Å². The van der Waals surface area contributed by atoms with Crippen LogP contribution in [-0.4, -0.2) is 41.4 Å². The molecular formula is C19H17BrFN5O2. The van der Waals surface area contributed by atoms with Crippen LogP contribution < -0.4 is 10.9 Å². The average molecular weight is 446 g/mol. The molecule has 7 nitrogen and oxygen atoms in total. The minimum absolute atomic E-state index is 0.0432. The number of nitriles is 1. The van der Waals surface area contributed by atoms with Crippen LogP contribution in [0.4, 0.5) is 4.48 Å². The van der Waals surface area contributed by atoms with E-state index in [-0.39, 0.29) is 28.5 Å². The van der Waals surface area contributed by atoms with Gasteiger partial charge in [-0.25, -0.2) is 5.54 Å². The van der Waals surface area contributed by atoms with Crippen LogP contribution in [0, 0.1) is 11.3 Å². The number of hydrogen-bond donors (Lipinski definition) is 2. The molecule has 0 radical (unpaired) electrons. The molecule has 3 rings (SSSR count). The number of rotatable bonds is 5. The zero-order valence-electron chi connectivity index (χ0n) is 14.9. The molecule has 2 heterocycles. The maximum atomic E-state index is 13.0. The number of fused-ring (bicyclic) bond motifs is 1. The monoisotopic (exact) mass is 445 g/mol. The van der Waals surface area contributed by atoms with Gasteiger partial charge in [-0.05, 0) is 39.7 Å². The first kappa shape index (κ1) is 19.6. The Morgan fingerprint density at radius 2 is 2.14 bits per heavy atom. The molecule has 0 bridgehead atoms. The second-order valence-corrected chi connectivity index (χ2v) is 7.01. The number of carbonyl (C=O) groups excluding carboxylic acids is 2. The molecule has 0 aromatic heterocycles. The predicted octanol–water partition coefficient (Wildman–Crippen LogP) is 2.38. The number of benzene rings is 1. The van der Waals surface area contributed by atoms with Crippen molar-refractivity contribution in [2.75, 3.05) is 13.6 Å². The van der Waals surface area contributed by atoms with E-state index < -0.39 is 6.17 Å². The fraction of sp³-hybridized carbons (Fsp3) is 0.211. The van der Waals surface area contributed by atoms with Crippen LogP contribution in [0.25, 0.3) is 5.57 Å². The molecule has 0 fully saturated rings. The van der Waals surface area contributed by atoms with E-state index in [1.54, 1.807) is 43.6 Å². The first-order valence-corrected chi connectivity index (χ1v) is 9.24. The Kier molecular flexibility index (Phi) is 5.80. The van der Waals surface area contributed by atoms with Crippen molar-refractivity contribution in [3.05, 3.63) is 64.0 Å². The summed E-state index contributed by atoms with van der Waals surface area (Å²) >= 11 is 3.08. The largest absolute Gasteiger partial charge is 0.345 e. The quantitative estimate of drug-likeness (QED) is 0.679. The number of nitrogens with one attached hydrogen (secondary N) is 2. The fourth-order valence-corrected chi connectivity index (χ4v) is 3.38. The molecule has 9 heteroatoms. The van der Waals surface area contributed by atoms with E-state index in [1.807, 2.05) is 12.1 Å². The Bertz CT molecular complexity index is 933. The number of halogens is 2. The number of carbonyl (C=O) groups is 2. The molecule has 2 aliphatic rings. The number of nitrogens with zero attached hydrogens (tertiary/aromatic N) is 3. The van der Waals surface area contributed by atoms with E-state index in [4.69, 9.17) is 5.26 Å². The van der Waals surface area contributed by atoms with Gasteiger partial charge < -0.3 is 10.2 Å². The topological polar surface area (TPSA) is 88.5 Å². The summed E-state index contributed by atoms with van der Waals surface area (Å²) in [6, 6.07) is 8.94. The molecule has 1 aromatic rings. The summed E-state index contributed by atoms with van der Waals surface area (Å²) in [4.78, 5) is 27.8. The van der Waals surface area contributed by atoms with Crippen molar-refractivity contribution < 1.29 is 14.1 Å². The zero-order chi connectivity index (χ0) is 20.3. The minimum Gasteiger partial charge on any atom is -0.345 e. The van der Waals surface area contributed by atoms with Gasteiger partial charge in [0.05, 0.1) is 12.5 Å². The summed E-state index contributed by atoms with van der Waals surface area (Å²) in [6.07, 6.45) is 4.85. The highest BCUT2D eigenvalue weighted by molar-refractivity contribution is 9.12. The first-order chi connectivity index (χ1) is 13.5. The van der Waals surface area contributed by atoms with Gasteiger partial charge in [-0.15, -0.1) is 4.48 Å². The molecule has 1 atom stereocenters. The fourth-order valence-electron chi connectivity index (χ4n) is 2.99. The predicted molar refractivity (Wildman–Crippen MR) is 105 cm³/mol. The third-order valence-electron chi connectivity index (χ3n) is 4.48. The van der Waals surface area contributed by atoms with Gasteiger partial charge >= 0.3 is 0 Å². The normalized spacial score (nSPS) is 18.1. The first-order valence-electron chi connectivity index (χ1n) is 8.44. The Morgan fingerprint density at radius 1 is 1.43 bits per heavy atom. The molecule has 0 spiro atoms. The molecule has 28 heavy (non-hydrogen) atoms. The molecule has 0 saturated carbocycles. The van der Waals surface area contributed by atoms with Crippen molar-refractivity contribution in [3.63, 3.8) is 0 Å². The van der Waals surface area contributed by atoms with Gasteiger partial charge in [-0.1, -0.05) is 18.2 Å². The molecule has 1 aromatic carbocycles. The van der Waals surface area contributed by atoms with Gasteiger partial charge in [0.2, 0.25) is 0 Å². The second-order valence-electron chi connectivity index (χ2n) is 6.22. The SMILES string of the molecule is CN(CCC#N)C(=O)c1ccc(C2=CC=CN3C(=O)C(Br)=C(NF)NC23)cc1. The number of hydrogen-bond acceptors (Lipinski definition) is 5. The maximum absolute atomic E-state index is 13.0. The second kappa shape index (κ2) is 8.27. The van der Waals surface area contributed by atoms with Crippen LogP contribution in [-0.2, 0) is 4.79 Å². The Balaban J connectivity index is 1.83. The smallest absolute Gasteiger partial charge is 0.270 e. The third kappa shape index (κ3) is 3.64. The lowest BCUT2D eigenvalue weighted by Crippen LogP contribution is -2.53. The maximum Gasteiger partial charge on any atom is 0.270 e. The van der Waals surface area contributed by atoms with E-state index >= 15 is 0 Å². The zero-order valence-corrected chi connectivity index (χ0v) is 16.5. The van der Waals surface area contributed by atoms with E-state index in [2.05, 4.69) is 21.2 Å². The average Bonchev–Trinajstić information content (AvgIpc) is 2.73. The summed E-state index contributed by atoms with van der Waals surface area (Å²) in [5, 5.41) is 11.6. The highest BCUT2D eigenvalue weighted by Crippen LogP contribution is 2.31. The van der Waals surface area contributed by atoms with Crippen LogP contribution in [0.15, 0.2) is 52.9 Å². The molecule has 144 valence electrons. The lowest BCUT2D eigenvalue weighted by atomic mass is 9.97. The molecule has 2 amide bonds. The van der Waals surface area contributed by atoms with E-state index in [0.29, 0.717) is 12.1 Å². The van der Waals surface area contributed by atoms with E-state index in [1.165, 1.54) is 15.3 Å². The standard InChI is InChI=1S/C19H17BrFN5O2/c1-25(10-3-9-22)18(27)13-7-5-12(6-8-13)14-4-2-11-26-17(14)23-16(24-21)15(20)19(26)28/h2,4-8,11,17,23-24H,3,10H2,1H3. The van der Waals surface area contributed by atoms with Crippen molar-refractivity contribution in [2.45, 2.75) is 12.6 Å². The lowest BCUT2D eigenvalue weighted by molar-refractivity contribution is -0.126. The Morgan fingerprint density at radius 3 is 2.79 bits per heavy atom. The van der Waals surface area contributed by atoms with Gasteiger partial charge in [0, 0.05) is 30.9 Å². The molecule has 0 saturated heterocycles. The highest BCUT2D eigenvalue weighted by Gasteiger charge is 2.35. The van der Waals surface area contributed by atoms with Crippen molar-refractivity contribution in [1.29, 1.82) is 5.26 Å². The molecule has 0 aliphatic carbocycles. The van der Waals surface area contributed by atoms with E-state index in [9.17, 15) is 14.1 Å². The molecule has 2 aliphatic heterocycles. The molecule has 1 unspecified atom stereocenters. The molecule has 2 N–H and O–H groups in total. The Labute approximate surface area is 169 Å². The number of amides is 2. The summed E-state index contributed by atoms with van der Waals surface area (Å²) in [6.45, 7) is 0.357. The summed E-state index contributed by atoms with van der Waals surface area (Å²) in [5.74, 6) is -0.599. The van der Waals surface area contributed by atoms with Gasteiger partial charge in [-0.3, -0.25) is 14.5 Å². The van der Waals surface area contributed by atoms with Crippen molar-refractivity contribution in [1.82, 2.24) is 20.7 Å². The van der Waals surface area contributed by atoms with Gasteiger partial charge in [0.1, 0.15) is 16.5 Å². The summed E-state index contributed by atoms with van der Waals surface area (Å²) < 4.78 is 13.1. The minimum atomic E-state index is -0.586. The van der Waals surface area contributed by atoms with Crippen molar-refractivity contribution in [2.24, 2.45) is 0 Å². The highest BCUT2D eigenvalue weighted by atomic mass is 79.9. The Hall–Kier alpha value is -3.12. The number of allylic oxidation sites excluding steroid dienone is 2. The van der Waals surface area contributed by atoms with E-state index in [0.717, 1.165) is 11.1 Å². The van der Waals surface area contributed by atoms with Crippen LogP contribution >= 0.6 is 15.9 Å². The third-order valence-corrected chi connectivity index (χ3v) is 5.22. The van der Waals surface area contributed by atoms with Crippen LogP contribution in [0.3, 0.4) is 0 Å². The van der Waals surface area contributed by atoms with Crippen LogP contribution in [0.5, 0.6) is 0 Å².